The number of nitrogens with zero attached hydrogens (tertiary/aromatic N) is 1. The maximum Gasteiger partial charge on any atom is 0.118 e. The SMILES string of the molecule is CCNCc1ccc(CN2CCCC(C(C)(C)C)CC2)o1. The fraction of sp³-hybridized carbons (Fsp3) is 0.778. The average Bonchev–Trinajstić information content (AvgIpc) is 2.71. The van der Waals surface area contributed by atoms with Crippen molar-refractivity contribution >= 4 is 0 Å². The van der Waals surface area contributed by atoms with Gasteiger partial charge in [0.15, 0.2) is 0 Å². The second-order valence-electron chi connectivity index (χ2n) is 7.42. The molecule has 120 valence electrons. The summed E-state index contributed by atoms with van der Waals surface area (Å²) in [4.78, 5) is 2.56. The molecule has 0 aliphatic carbocycles. The van der Waals surface area contributed by atoms with Crippen LogP contribution in [0.15, 0.2) is 16.5 Å². The molecule has 1 atom stereocenters. The molecule has 3 heteroatoms. The Morgan fingerprint density at radius 3 is 2.67 bits per heavy atom. The first-order valence-corrected chi connectivity index (χ1v) is 8.49. The van der Waals surface area contributed by atoms with Crippen molar-refractivity contribution in [1.29, 1.82) is 0 Å². The van der Waals surface area contributed by atoms with Gasteiger partial charge in [-0.2, -0.15) is 0 Å². The second-order valence-corrected chi connectivity index (χ2v) is 7.42. The van der Waals surface area contributed by atoms with Gasteiger partial charge in [0.25, 0.3) is 0 Å². The van der Waals surface area contributed by atoms with Gasteiger partial charge in [0, 0.05) is 0 Å². The summed E-state index contributed by atoms with van der Waals surface area (Å²) in [5, 5.41) is 3.31. The van der Waals surface area contributed by atoms with Gasteiger partial charge in [-0.05, 0) is 62.4 Å². The Hall–Kier alpha value is -0.800. The number of hydrogen-bond donors (Lipinski definition) is 1. The third kappa shape index (κ3) is 5.15. The van der Waals surface area contributed by atoms with Gasteiger partial charge < -0.3 is 9.73 Å². The van der Waals surface area contributed by atoms with Crippen LogP contribution in [0.25, 0.3) is 0 Å². The minimum Gasteiger partial charge on any atom is -0.463 e. The zero-order valence-electron chi connectivity index (χ0n) is 14.2. The van der Waals surface area contributed by atoms with Gasteiger partial charge in [-0.25, -0.2) is 0 Å². The van der Waals surface area contributed by atoms with E-state index in [2.05, 4.69) is 50.0 Å². The highest BCUT2D eigenvalue weighted by Gasteiger charge is 2.27. The molecule has 0 spiro atoms. The van der Waals surface area contributed by atoms with E-state index in [0.717, 1.165) is 37.1 Å². The summed E-state index contributed by atoms with van der Waals surface area (Å²) in [6.07, 6.45) is 3.99. The van der Waals surface area contributed by atoms with Crippen molar-refractivity contribution in [2.24, 2.45) is 11.3 Å². The minimum atomic E-state index is 0.444. The van der Waals surface area contributed by atoms with Crippen molar-refractivity contribution in [2.75, 3.05) is 19.6 Å². The zero-order valence-corrected chi connectivity index (χ0v) is 14.2. The quantitative estimate of drug-likeness (QED) is 0.888. The van der Waals surface area contributed by atoms with E-state index in [9.17, 15) is 0 Å². The minimum absolute atomic E-state index is 0.444. The molecule has 0 aromatic carbocycles. The van der Waals surface area contributed by atoms with E-state index in [1.54, 1.807) is 0 Å². The first-order chi connectivity index (χ1) is 9.99. The molecule has 0 amide bonds. The van der Waals surface area contributed by atoms with E-state index < -0.39 is 0 Å². The predicted molar refractivity (Wildman–Crippen MR) is 88.2 cm³/mol. The van der Waals surface area contributed by atoms with Crippen LogP contribution in [0.2, 0.25) is 0 Å². The summed E-state index contributed by atoms with van der Waals surface area (Å²) in [6, 6.07) is 4.24. The summed E-state index contributed by atoms with van der Waals surface area (Å²) in [5.74, 6) is 3.01. The lowest BCUT2D eigenvalue weighted by Gasteiger charge is -2.29. The van der Waals surface area contributed by atoms with Gasteiger partial charge in [-0.3, -0.25) is 4.90 Å². The summed E-state index contributed by atoms with van der Waals surface area (Å²) < 4.78 is 5.92. The van der Waals surface area contributed by atoms with Crippen molar-refractivity contribution < 1.29 is 4.42 Å². The molecule has 21 heavy (non-hydrogen) atoms. The Morgan fingerprint density at radius 1 is 1.19 bits per heavy atom. The molecule has 0 saturated carbocycles. The molecule has 1 N–H and O–H groups in total. The molecule has 1 unspecified atom stereocenters. The number of hydrogen-bond acceptors (Lipinski definition) is 3. The predicted octanol–water partition coefficient (Wildman–Crippen LogP) is 4.04. The third-order valence-corrected chi connectivity index (χ3v) is 4.69. The van der Waals surface area contributed by atoms with Crippen LogP contribution < -0.4 is 5.32 Å². The van der Waals surface area contributed by atoms with Crippen molar-refractivity contribution in [3.8, 4) is 0 Å². The molecule has 1 aromatic rings. The Balaban J connectivity index is 1.84. The van der Waals surface area contributed by atoms with Crippen LogP contribution in [0.4, 0.5) is 0 Å². The first-order valence-electron chi connectivity index (χ1n) is 8.49. The first kappa shape index (κ1) is 16.6. The lowest BCUT2D eigenvalue weighted by Crippen LogP contribution is -2.25. The van der Waals surface area contributed by atoms with Crippen LogP contribution >= 0.6 is 0 Å². The highest BCUT2D eigenvalue weighted by atomic mass is 16.3. The molecule has 0 radical (unpaired) electrons. The summed E-state index contributed by atoms with van der Waals surface area (Å²) >= 11 is 0. The highest BCUT2D eigenvalue weighted by molar-refractivity contribution is 5.07. The van der Waals surface area contributed by atoms with E-state index in [4.69, 9.17) is 4.42 Å². The van der Waals surface area contributed by atoms with Crippen LogP contribution in [0.1, 0.15) is 58.5 Å². The Labute approximate surface area is 130 Å². The molecule has 0 bridgehead atoms. The van der Waals surface area contributed by atoms with Gasteiger partial charge in [0.1, 0.15) is 11.5 Å². The molecule has 2 heterocycles. The smallest absolute Gasteiger partial charge is 0.118 e. The Morgan fingerprint density at radius 2 is 1.95 bits per heavy atom. The van der Waals surface area contributed by atoms with Crippen LogP contribution in [0.5, 0.6) is 0 Å². The monoisotopic (exact) mass is 292 g/mol. The van der Waals surface area contributed by atoms with E-state index in [1.807, 2.05) is 0 Å². The molecule has 1 fully saturated rings. The van der Waals surface area contributed by atoms with Crippen LogP contribution in [0.3, 0.4) is 0 Å². The fourth-order valence-electron chi connectivity index (χ4n) is 3.25. The maximum atomic E-state index is 5.92. The number of nitrogens with one attached hydrogen (secondary N) is 1. The number of furan rings is 1. The highest BCUT2D eigenvalue weighted by Crippen LogP contribution is 2.34. The molecular weight excluding hydrogens is 260 g/mol. The average molecular weight is 292 g/mol. The molecule has 1 aliphatic heterocycles. The standard InChI is InChI=1S/C18H32N2O/c1-5-19-13-16-8-9-17(21-16)14-20-11-6-7-15(10-12-20)18(2,3)4/h8-9,15,19H,5-7,10-14H2,1-4H3. The largest absolute Gasteiger partial charge is 0.463 e. The molecule has 1 aliphatic rings. The molecule has 3 nitrogen and oxygen atoms in total. The van der Waals surface area contributed by atoms with Crippen LogP contribution in [-0.4, -0.2) is 24.5 Å². The summed E-state index contributed by atoms with van der Waals surface area (Å²) in [6.45, 7) is 14.4. The van der Waals surface area contributed by atoms with Crippen molar-refractivity contribution in [3.63, 3.8) is 0 Å². The van der Waals surface area contributed by atoms with Gasteiger partial charge in [-0.15, -0.1) is 0 Å². The number of likely N-dealkylation sites (tertiary alicyclic amines) is 1. The molecule has 1 aromatic heterocycles. The van der Waals surface area contributed by atoms with Crippen molar-refractivity contribution in [2.45, 2.75) is 60.0 Å². The van der Waals surface area contributed by atoms with Crippen molar-refractivity contribution in [3.05, 3.63) is 23.7 Å². The van der Waals surface area contributed by atoms with E-state index in [1.165, 1.54) is 32.4 Å². The molecule has 1 saturated heterocycles. The lowest BCUT2D eigenvalue weighted by atomic mass is 9.77. The lowest BCUT2D eigenvalue weighted by molar-refractivity contribution is 0.202. The van der Waals surface area contributed by atoms with E-state index >= 15 is 0 Å². The van der Waals surface area contributed by atoms with E-state index in [0.29, 0.717) is 5.41 Å². The summed E-state index contributed by atoms with van der Waals surface area (Å²) in [5.41, 5.74) is 0.444. The Kier molecular flexibility index (Phi) is 5.88. The van der Waals surface area contributed by atoms with Crippen LogP contribution in [-0.2, 0) is 13.1 Å². The van der Waals surface area contributed by atoms with Crippen molar-refractivity contribution in [1.82, 2.24) is 10.2 Å². The van der Waals surface area contributed by atoms with Gasteiger partial charge >= 0.3 is 0 Å². The summed E-state index contributed by atoms with van der Waals surface area (Å²) in [7, 11) is 0. The Bertz CT molecular complexity index is 419. The van der Waals surface area contributed by atoms with Gasteiger partial charge in [0.05, 0.1) is 13.1 Å². The molecular formula is C18H32N2O. The normalized spacial score (nSPS) is 21.4. The fourth-order valence-corrected chi connectivity index (χ4v) is 3.25. The topological polar surface area (TPSA) is 28.4 Å². The third-order valence-electron chi connectivity index (χ3n) is 4.69. The van der Waals surface area contributed by atoms with Gasteiger partial charge in [0.2, 0.25) is 0 Å². The van der Waals surface area contributed by atoms with Gasteiger partial charge in [-0.1, -0.05) is 27.7 Å². The second kappa shape index (κ2) is 7.46. The van der Waals surface area contributed by atoms with Crippen LogP contribution in [0, 0.1) is 11.3 Å². The molecule has 2 rings (SSSR count). The zero-order chi connectivity index (χ0) is 15.3. The number of rotatable bonds is 5. The maximum absolute atomic E-state index is 5.92. The van der Waals surface area contributed by atoms with E-state index in [-0.39, 0.29) is 0 Å².